The van der Waals surface area contributed by atoms with E-state index in [1.807, 2.05) is 30.5 Å². The Balaban J connectivity index is 1.56. The number of anilines is 1. The number of hydrogen-bond acceptors (Lipinski definition) is 7. The smallest absolute Gasteiger partial charge is 0.200 e. The van der Waals surface area contributed by atoms with Crippen molar-refractivity contribution in [3.05, 3.63) is 27.7 Å². The molecule has 0 amide bonds. The van der Waals surface area contributed by atoms with Crippen LogP contribution in [0.4, 0.5) is 5.82 Å². The molecule has 0 atom stereocenters. The van der Waals surface area contributed by atoms with E-state index in [4.69, 9.17) is 4.98 Å². The Hall–Kier alpha value is -2.09. The van der Waals surface area contributed by atoms with Gasteiger partial charge in [-0.3, -0.25) is 0 Å². The van der Waals surface area contributed by atoms with E-state index in [9.17, 15) is 0 Å². The number of nitrogens with zero attached hydrogens (tertiary/aromatic N) is 7. The zero-order valence-corrected chi connectivity index (χ0v) is 12.5. The fourth-order valence-corrected chi connectivity index (χ4v) is 3.81. The van der Waals surface area contributed by atoms with E-state index in [1.54, 1.807) is 0 Å². The summed E-state index contributed by atoms with van der Waals surface area (Å²) in [6.45, 7) is 0.762. The van der Waals surface area contributed by atoms with Crippen molar-refractivity contribution in [2.75, 3.05) is 11.9 Å². The zero-order valence-electron chi connectivity index (χ0n) is 11.7. The van der Waals surface area contributed by atoms with Crippen LogP contribution in [0.5, 0.6) is 0 Å². The van der Waals surface area contributed by atoms with Crippen molar-refractivity contribution in [1.82, 2.24) is 30.2 Å². The van der Waals surface area contributed by atoms with Crippen molar-refractivity contribution in [2.45, 2.75) is 32.2 Å². The second kappa shape index (κ2) is 5.03. The van der Waals surface area contributed by atoms with Crippen molar-refractivity contribution in [3.8, 4) is 0 Å². The van der Waals surface area contributed by atoms with Crippen molar-refractivity contribution in [1.29, 1.82) is 0 Å². The number of aryl methyl sites for hydroxylation is 2. The van der Waals surface area contributed by atoms with Crippen molar-refractivity contribution in [3.63, 3.8) is 0 Å². The number of aromatic nitrogens is 6. The van der Waals surface area contributed by atoms with Gasteiger partial charge in [0.15, 0.2) is 11.5 Å². The third-order valence-electron chi connectivity index (χ3n) is 3.71. The zero-order chi connectivity index (χ0) is 14.2. The third kappa shape index (κ3) is 2.35. The van der Waals surface area contributed by atoms with Crippen LogP contribution in [0, 0.1) is 0 Å². The molecule has 0 fully saturated rings. The molecule has 0 N–H and O–H groups in total. The SMILES string of the molecule is CN(Cc1nc2c(s1)CCCC2)c1ccc2nnnn2n1. The van der Waals surface area contributed by atoms with Gasteiger partial charge in [-0.25, -0.2) is 4.98 Å². The summed E-state index contributed by atoms with van der Waals surface area (Å²) >= 11 is 1.84. The van der Waals surface area contributed by atoms with Gasteiger partial charge >= 0.3 is 0 Å². The lowest BCUT2D eigenvalue weighted by Gasteiger charge is -2.15. The predicted octanol–water partition coefficient (Wildman–Crippen LogP) is 1.49. The topological polar surface area (TPSA) is 72.1 Å². The average Bonchev–Trinajstić information content (AvgIpc) is 3.11. The van der Waals surface area contributed by atoms with Gasteiger partial charge in [0.05, 0.1) is 12.2 Å². The molecular formula is C13H15N7S. The lowest BCUT2D eigenvalue weighted by Crippen LogP contribution is -2.18. The Morgan fingerprint density at radius 1 is 1.29 bits per heavy atom. The monoisotopic (exact) mass is 301 g/mol. The number of thiazole rings is 1. The number of fused-ring (bicyclic) bond motifs is 2. The number of hydrogen-bond donors (Lipinski definition) is 0. The summed E-state index contributed by atoms with van der Waals surface area (Å²) in [5.74, 6) is 0.836. The molecule has 4 rings (SSSR count). The quantitative estimate of drug-likeness (QED) is 0.730. The van der Waals surface area contributed by atoms with Crippen LogP contribution in [0.3, 0.4) is 0 Å². The molecule has 7 nitrogen and oxygen atoms in total. The van der Waals surface area contributed by atoms with Gasteiger partial charge in [0.25, 0.3) is 0 Å². The summed E-state index contributed by atoms with van der Waals surface area (Å²) in [6.07, 6.45) is 4.88. The van der Waals surface area contributed by atoms with Gasteiger partial charge in [0.1, 0.15) is 5.01 Å². The van der Waals surface area contributed by atoms with Crippen LogP contribution in [0.25, 0.3) is 5.65 Å². The molecule has 0 unspecified atom stereocenters. The first kappa shape index (κ1) is 12.6. The highest BCUT2D eigenvalue weighted by atomic mass is 32.1. The molecule has 21 heavy (non-hydrogen) atoms. The maximum absolute atomic E-state index is 4.77. The standard InChI is InChI=1S/C13H15N7S/c1-19(12-7-6-11-15-17-18-20(11)16-12)8-13-14-9-4-2-3-5-10(9)21-13/h6-7H,2-5,8H2,1H3. The van der Waals surface area contributed by atoms with E-state index < -0.39 is 0 Å². The van der Waals surface area contributed by atoms with E-state index in [-0.39, 0.29) is 0 Å². The maximum atomic E-state index is 4.77. The molecule has 0 radical (unpaired) electrons. The van der Waals surface area contributed by atoms with E-state index in [0.29, 0.717) is 5.65 Å². The van der Waals surface area contributed by atoms with Crippen LogP contribution >= 0.6 is 11.3 Å². The second-order valence-electron chi connectivity index (χ2n) is 5.26. The minimum atomic E-state index is 0.650. The lowest BCUT2D eigenvalue weighted by molar-refractivity contribution is 0.679. The van der Waals surface area contributed by atoms with Gasteiger partial charge in [-0.05, 0) is 48.2 Å². The summed E-state index contributed by atoms with van der Waals surface area (Å²) in [5.41, 5.74) is 1.95. The fraction of sp³-hybridized carbons (Fsp3) is 0.462. The number of rotatable bonds is 3. The van der Waals surface area contributed by atoms with E-state index >= 15 is 0 Å². The van der Waals surface area contributed by atoms with Crippen LogP contribution in [-0.4, -0.2) is 37.3 Å². The summed E-state index contributed by atoms with van der Waals surface area (Å²) in [4.78, 5) is 8.31. The van der Waals surface area contributed by atoms with Crippen LogP contribution in [0.15, 0.2) is 12.1 Å². The predicted molar refractivity (Wildman–Crippen MR) is 79.4 cm³/mol. The van der Waals surface area contributed by atoms with Gasteiger partial charge in [-0.1, -0.05) is 0 Å². The van der Waals surface area contributed by atoms with Gasteiger partial charge in [0.2, 0.25) is 0 Å². The molecule has 0 spiro atoms. The fourth-order valence-electron chi connectivity index (χ4n) is 2.60. The van der Waals surface area contributed by atoms with Crippen LogP contribution in [-0.2, 0) is 19.4 Å². The third-order valence-corrected chi connectivity index (χ3v) is 4.85. The van der Waals surface area contributed by atoms with Gasteiger partial charge in [-0.15, -0.1) is 26.2 Å². The molecule has 3 aromatic rings. The lowest BCUT2D eigenvalue weighted by atomic mass is 10.0. The first-order valence-corrected chi connectivity index (χ1v) is 7.85. The number of tetrazole rings is 1. The van der Waals surface area contributed by atoms with Crippen LogP contribution in [0.2, 0.25) is 0 Å². The molecule has 108 valence electrons. The summed E-state index contributed by atoms with van der Waals surface area (Å²) in [6, 6.07) is 3.80. The molecule has 8 heteroatoms. The summed E-state index contributed by atoms with van der Waals surface area (Å²) in [5, 5.41) is 16.8. The Morgan fingerprint density at radius 2 is 2.19 bits per heavy atom. The molecule has 3 aromatic heterocycles. The minimum absolute atomic E-state index is 0.650. The van der Waals surface area contributed by atoms with Crippen molar-refractivity contribution < 1.29 is 0 Å². The Bertz CT molecular complexity index is 754. The molecule has 1 aliphatic rings. The van der Waals surface area contributed by atoms with Gasteiger partial charge < -0.3 is 4.90 Å². The van der Waals surface area contributed by atoms with Crippen molar-refractivity contribution >= 4 is 22.8 Å². The van der Waals surface area contributed by atoms with Crippen LogP contribution < -0.4 is 4.90 Å². The van der Waals surface area contributed by atoms with E-state index in [1.165, 1.54) is 34.5 Å². The van der Waals surface area contributed by atoms with Crippen LogP contribution in [0.1, 0.15) is 28.4 Å². The Kier molecular flexibility index (Phi) is 3.03. The molecule has 0 aromatic carbocycles. The largest absolute Gasteiger partial charge is 0.351 e. The molecule has 0 saturated carbocycles. The summed E-state index contributed by atoms with van der Waals surface area (Å²) < 4.78 is 1.44. The minimum Gasteiger partial charge on any atom is -0.351 e. The van der Waals surface area contributed by atoms with Gasteiger partial charge in [0, 0.05) is 11.9 Å². The Labute approximate surface area is 125 Å². The molecule has 0 aliphatic heterocycles. The molecular weight excluding hydrogens is 286 g/mol. The highest BCUT2D eigenvalue weighted by Gasteiger charge is 2.16. The molecule has 3 heterocycles. The highest BCUT2D eigenvalue weighted by molar-refractivity contribution is 7.11. The second-order valence-corrected chi connectivity index (χ2v) is 6.43. The summed E-state index contributed by atoms with van der Waals surface area (Å²) in [7, 11) is 2.01. The average molecular weight is 301 g/mol. The first-order valence-electron chi connectivity index (χ1n) is 7.03. The van der Waals surface area contributed by atoms with Gasteiger partial charge in [-0.2, -0.15) is 0 Å². The van der Waals surface area contributed by atoms with Crippen molar-refractivity contribution in [2.24, 2.45) is 0 Å². The Morgan fingerprint density at radius 3 is 3.10 bits per heavy atom. The highest BCUT2D eigenvalue weighted by Crippen LogP contribution is 2.27. The molecule has 0 saturated heterocycles. The van der Waals surface area contributed by atoms with E-state index in [2.05, 4.69) is 25.5 Å². The molecule has 1 aliphatic carbocycles. The maximum Gasteiger partial charge on any atom is 0.200 e. The molecule has 0 bridgehead atoms. The first-order chi connectivity index (χ1) is 10.3. The van der Waals surface area contributed by atoms with E-state index in [0.717, 1.165) is 23.8 Å². The normalized spacial score (nSPS) is 14.3.